The van der Waals surface area contributed by atoms with Crippen LogP contribution in [-0.2, 0) is 24.0 Å². The van der Waals surface area contributed by atoms with Crippen LogP contribution in [0.3, 0.4) is 0 Å². The Morgan fingerprint density at radius 1 is 0.741 bits per heavy atom. The predicted octanol–water partition coefficient (Wildman–Crippen LogP) is -2.91. The van der Waals surface area contributed by atoms with Crippen LogP contribution >= 0.6 is 0 Å². The fraction of sp³-hybridized carbons (Fsp3) is 0.667. The molecule has 0 aromatic heterocycles. The maximum Gasteiger partial charge on any atom is 0.317 e. The number of carboxylic acids is 3. The third kappa shape index (κ3) is 13.3. The minimum atomic E-state index is -1.19. The van der Waals surface area contributed by atoms with Crippen molar-refractivity contribution in [3.63, 3.8) is 0 Å². The van der Waals surface area contributed by atoms with Gasteiger partial charge in [0.1, 0.15) is 6.29 Å². The standard InChI is InChI=1S/C15H26N4O8/c1-16-12(21)8-18(6-7-20)3-2-17(9-13(22)23)4-5-19(10-14(24)25)11-15(26)27/h7H,2-6,8-11H2,1H3,(H,16,21)(H,22,23)(H,24,25)(H,26,27). The first kappa shape index (κ1) is 24.4. The summed E-state index contributed by atoms with van der Waals surface area (Å²) in [6.45, 7) is -0.761. The molecule has 0 rings (SSSR count). The molecule has 0 bridgehead atoms. The number of aliphatic carboxylic acids is 3. The van der Waals surface area contributed by atoms with E-state index in [0.29, 0.717) is 6.29 Å². The highest BCUT2D eigenvalue weighted by atomic mass is 16.4. The number of carboxylic acid groups (broad SMARTS) is 3. The van der Waals surface area contributed by atoms with E-state index in [0.717, 1.165) is 0 Å². The number of rotatable bonds is 16. The first-order valence-electron chi connectivity index (χ1n) is 8.14. The minimum Gasteiger partial charge on any atom is -0.480 e. The summed E-state index contributed by atoms with van der Waals surface area (Å²) in [7, 11) is 1.46. The summed E-state index contributed by atoms with van der Waals surface area (Å²) in [4.78, 5) is 59.0. The Morgan fingerprint density at radius 2 is 1.15 bits per heavy atom. The van der Waals surface area contributed by atoms with Gasteiger partial charge in [-0.1, -0.05) is 0 Å². The van der Waals surface area contributed by atoms with E-state index in [4.69, 9.17) is 15.3 Å². The van der Waals surface area contributed by atoms with Crippen LogP contribution in [-0.4, -0.2) is 126 Å². The Labute approximate surface area is 156 Å². The van der Waals surface area contributed by atoms with E-state index in [1.165, 1.54) is 21.7 Å². The van der Waals surface area contributed by atoms with E-state index in [1.807, 2.05) is 0 Å². The lowest BCUT2D eigenvalue weighted by molar-refractivity contribution is -0.143. The zero-order valence-electron chi connectivity index (χ0n) is 15.2. The molecule has 4 N–H and O–H groups in total. The summed E-state index contributed by atoms with van der Waals surface area (Å²) in [5.74, 6) is -3.78. The first-order chi connectivity index (χ1) is 12.7. The normalized spacial score (nSPS) is 11.0. The summed E-state index contributed by atoms with van der Waals surface area (Å²) in [5, 5.41) is 29.1. The summed E-state index contributed by atoms with van der Waals surface area (Å²) in [5.41, 5.74) is 0. The summed E-state index contributed by atoms with van der Waals surface area (Å²) >= 11 is 0. The highest BCUT2D eigenvalue weighted by Crippen LogP contribution is 1.96. The fourth-order valence-electron chi connectivity index (χ4n) is 2.25. The van der Waals surface area contributed by atoms with Gasteiger partial charge in [0.25, 0.3) is 0 Å². The molecule has 1 amide bonds. The average Bonchev–Trinajstić information content (AvgIpc) is 2.55. The highest BCUT2D eigenvalue weighted by Gasteiger charge is 2.18. The Bertz CT molecular complexity index is 512. The molecule has 0 aromatic rings. The molecule has 12 nitrogen and oxygen atoms in total. The number of aldehydes is 1. The van der Waals surface area contributed by atoms with E-state index >= 15 is 0 Å². The second-order valence-electron chi connectivity index (χ2n) is 5.74. The molecular weight excluding hydrogens is 364 g/mol. The fourth-order valence-corrected chi connectivity index (χ4v) is 2.25. The van der Waals surface area contributed by atoms with Crippen molar-refractivity contribution in [2.75, 3.05) is 66.0 Å². The van der Waals surface area contributed by atoms with E-state index in [2.05, 4.69) is 5.32 Å². The molecule has 0 radical (unpaired) electrons. The number of carbonyl (C=O) groups excluding carboxylic acids is 2. The molecule has 12 heteroatoms. The van der Waals surface area contributed by atoms with Gasteiger partial charge in [0.05, 0.1) is 32.7 Å². The van der Waals surface area contributed by atoms with Crippen LogP contribution in [0.4, 0.5) is 0 Å². The van der Waals surface area contributed by atoms with Gasteiger partial charge in [-0.2, -0.15) is 0 Å². The van der Waals surface area contributed by atoms with Crippen molar-refractivity contribution < 1.29 is 39.3 Å². The predicted molar refractivity (Wildman–Crippen MR) is 92.4 cm³/mol. The van der Waals surface area contributed by atoms with Gasteiger partial charge in [-0.3, -0.25) is 33.9 Å². The smallest absolute Gasteiger partial charge is 0.317 e. The quantitative estimate of drug-likeness (QED) is 0.199. The lowest BCUT2D eigenvalue weighted by atomic mass is 10.3. The first-order valence-corrected chi connectivity index (χ1v) is 8.14. The monoisotopic (exact) mass is 390 g/mol. The molecule has 0 unspecified atom stereocenters. The summed E-state index contributed by atoms with van der Waals surface area (Å²) in [6.07, 6.45) is 0.631. The van der Waals surface area contributed by atoms with E-state index < -0.39 is 31.0 Å². The van der Waals surface area contributed by atoms with Crippen LogP contribution in [0.25, 0.3) is 0 Å². The number of likely N-dealkylation sites (N-methyl/N-ethyl adjacent to an activating group) is 1. The number of nitrogens with one attached hydrogen (secondary N) is 1. The summed E-state index contributed by atoms with van der Waals surface area (Å²) < 4.78 is 0. The molecule has 0 spiro atoms. The van der Waals surface area contributed by atoms with Gasteiger partial charge < -0.3 is 25.4 Å². The van der Waals surface area contributed by atoms with Crippen LogP contribution in [0.5, 0.6) is 0 Å². The van der Waals surface area contributed by atoms with Crippen LogP contribution in [0.15, 0.2) is 0 Å². The molecule has 0 aliphatic carbocycles. The van der Waals surface area contributed by atoms with Crippen molar-refractivity contribution >= 4 is 30.1 Å². The molecule has 0 heterocycles. The SMILES string of the molecule is CNC(=O)CN(CC=O)CCN(CCN(CC(=O)O)CC(=O)O)CC(=O)O. The second kappa shape index (κ2) is 13.6. The molecular formula is C15H26N4O8. The van der Waals surface area contributed by atoms with E-state index in [1.54, 1.807) is 0 Å². The van der Waals surface area contributed by atoms with Crippen molar-refractivity contribution in [3.05, 3.63) is 0 Å². The third-order valence-electron chi connectivity index (χ3n) is 3.52. The Hall–Kier alpha value is -2.57. The van der Waals surface area contributed by atoms with E-state index in [9.17, 15) is 24.0 Å². The van der Waals surface area contributed by atoms with Crippen molar-refractivity contribution in [3.8, 4) is 0 Å². The number of hydrogen-bond donors (Lipinski definition) is 4. The van der Waals surface area contributed by atoms with Crippen LogP contribution in [0.1, 0.15) is 0 Å². The van der Waals surface area contributed by atoms with E-state index in [-0.39, 0.29) is 51.7 Å². The topological polar surface area (TPSA) is 168 Å². The van der Waals surface area contributed by atoms with Crippen LogP contribution in [0, 0.1) is 0 Å². The number of amides is 1. The molecule has 0 atom stereocenters. The van der Waals surface area contributed by atoms with Gasteiger partial charge in [-0.25, -0.2) is 0 Å². The Kier molecular flexibility index (Phi) is 12.3. The minimum absolute atomic E-state index is 0.00150. The van der Waals surface area contributed by atoms with Crippen molar-refractivity contribution in [1.29, 1.82) is 0 Å². The molecule has 0 saturated carbocycles. The molecule has 0 aromatic carbocycles. The molecule has 0 fully saturated rings. The largest absolute Gasteiger partial charge is 0.480 e. The second-order valence-corrected chi connectivity index (χ2v) is 5.74. The van der Waals surface area contributed by atoms with Gasteiger partial charge >= 0.3 is 17.9 Å². The number of hydrogen-bond acceptors (Lipinski definition) is 8. The zero-order valence-corrected chi connectivity index (χ0v) is 15.2. The third-order valence-corrected chi connectivity index (χ3v) is 3.52. The maximum absolute atomic E-state index is 11.4. The van der Waals surface area contributed by atoms with Crippen molar-refractivity contribution in [2.45, 2.75) is 0 Å². The Morgan fingerprint density at radius 3 is 1.56 bits per heavy atom. The van der Waals surface area contributed by atoms with Crippen molar-refractivity contribution in [2.24, 2.45) is 0 Å². The number of nitrogens with zero attached hydrogens (tertiary/aromatic N) is 3. The van der Waals surface area contributed by atoms with Gasteiger partial charge in [0, 0.05) is 33.2 Å². The highest BCUT2D eigenvalue weighted by molar-refractivity contribution is 5.78. The molecule has 0 saturated heterocycles. The molecule has 154 valence electrons. The summed E-state index contributed by atoms with van der Waals surface area (Å²) in [6, 6.07) is 0. The number of carbonyl (C=O) groups is 5. The lowest BCUT2D eigenvalue weighted by Gasteiger charge is -2.27. The van der Waals surface area contributed by atoms with Gasteiger partial charge in [-0.15, -0.1) is 0 Å². The van der Waals surface area contributed by atoms with Crippen LogP contribution < -0.4 is 5.32 Å². The molecule has 0 aliphatic rings. The van der Waals surface area contributed by atoms with Crippen molar-refractivity contribution in [1.82, 2.24) is 20.0 Å². The zero-order chi connectivity index (χ0) is 20.8. The van der Waals surface area contributed by atoms with Gasteiger partial charge in [0.2, 0.25) is 5.91 Å². The molecule has 27 heavy (non-hydrogen) atoms. The van der Waals surface area contributed by atoms with Gasteiger partial charge in [-0.05, 0) is 0 Å². The average molecular weight is 390 g/mol. The van der Waals surface area contributed by atoms with Gasteiger partial charge in [0.15, 0.2) is 0 Å². The lowest BCUT2D eigenvalue weighted by Crippen LogP contribution is -2.45. The Balaban J connectivity index is 4.80. The molecule has 0 aliphatic heterocycles. The maximum atomic E-state index is 11.4. The van der Waals surface area contributed by atoms with Crippen LogP contribution in [0.2, 0.25) is 0 Å².